The van der Waals surface area contributed by atoms with Crippen LogP contribution in [0.1, 0.15) is 5.56 Å². The monoisotopic (exact) mass is 509 g/mol. The Labute approximate surface area is 178 Å². The molecule has 3 rings (SSSR count). The molecule has 28 heavy (non-hydrogen) atoms. The highest BCUT2D eigenvalue weighted by atomic mass is 79.9. The van der Waals surface area contributed by atoms with Gasteiger partial charge in [-0.15, -0.1) is 0 Å². The maximum Gasteiger partial charge on any atom is 0.414 e. The van der Waals surface area contributed by atoms with Gasteiger partial charge in [0.05, 0.1) is 11.9 Å². The van der Waals surface area contributed by atoms with Crippen LogP contribution in [0.2, 0.25) is 0 Å². The lowest BCUT2D eigenvalue weighted by atomic mass is 10.2. The fourth-order valence-electron chi connectivity index (χ4n) is 2.29. The molecule has 0 aliphatic heterocycles. The van der Waals surface area contributed by atoms with E-state index in [4.69, 9.17) is 19.8 Å². The summed E-state index contributed by atoms with van der Waals surface area (Å²) in [5.74, 6) is -2.79. The lowest BCUT2D eigenvalue weighted by molar-refractivity contribution is -0.159. The standard InChI is InChI=1S/C17H15Br2N3.C2H2O4/c1-22-16(13-5-7-14(18)8-6-13)11-21-17(22)20-10-12-3-2-4-15(19)9-12;3-1(4)2(5)6/h2-9,11H,10H2,1H3,(H,20,21);(H,3,4)(H,5,6). The van der Waals surface area contributed by atoms with Crippen LogP contribution in [-0.4, -0.2) is 31.7 Å². The molecular weight excluding hydrogens is 494 g/mol. The highest BCUT2D eigenvalue weighted by Gasteiger charge is 2.08. The number of carboxylic acid groups (broad SMARTS) is 2. The van der Waals surface area contributed by atoms with Gasteiger partial charge in [0.25, 0.3) is 0 Å². The molecule has 0 amide bonds. The van der Waals surface area contributed by atoms with Crippen molar-refractivity contribution in [2.24, 2.45) is 7.05 Å². The molecule has 7 nitrogen and oxygen atoms in total. The number of carbonyl (C=O) groups is 2. The number of imidazole rings is 1. The van der Waals surface area contributed by atoms with Gasteiger partial charge in [0.1, 0.15) is 0 Å². The molecule has 1 heterocycles. The summed E-state index contributed by atoms with van der Waals surface area (Å²) in [6.45, 7) is 0.740. The zero-order valence-electron chi connectivity index (χ0n) is 14.8. The van der Waals surface area contributed by atoms with Crippen LogP contribution in [0.15, 0.2) is 63.7 Å². The van der Waals surface area contributed by atoms with Crippen molar-refractivity contribution in [2.45, 2.75) is 6.54 Å². The van der Waals surface area contributed by atoms with E-state index in [1.54, 1.807) is 0 Å². The van der Waals surface area contributed by atoms with E-state index in [0.29, 0.717) is 0 Å². The van der Waals surface area contributed by atoms with Crippen LogP contribution in [0.25, 0.3) is 11.3 Å². The Hall–Kier alpha value is -2.65. The summed E-state index contributed by atoms with van der Waals surface area (Å²) < 4.78 is 4.23. The number of aliphatic carboxylic acids is 2. The lowest BCUT2D eigenvalue weighted by Crippen LogP contribution is -2.09. The normalized spacial score (nSPS) is 9.96. The smallest absolute Gasteiger partial charge is 0.414 e. The Morgan fingerprint density at radius 3 is 2.25 bits per heavy atom. The molecule has 0 spiro atoms. The Balaban J connectivity index is 0.000000409. The molecule has 0 radical (unpaired) electrons. The van der Waals surface area contributed by atoms with Crippen LogP contribution >= 0.6 is 31.9 Å². The number of carboxylic acids is 2. The van der Waals surface area contributed by atoms with Crippen molar-refractivity contribution >= 4 is 49.7 Å². The predicted molar refractivity (Wildman–Crippen MR) is 113 cm³/mol. The van der Waals surface area contributed by atoms with Crippen molar-refractivity contribution < 1.29 is 19.8 Å². The summed E-state index contributed by atoms with van der Waals surface area (Å²) in [4.78, 5) is 22.7. The van der Waals surface area contributed by atoms with Crippen LogP contribution in [0.3, 0.4) is 0 Å². The minimum absolute atomic E-state index is 0.740. The van der Waals surface area contributed by atoms with Gasteiger partial charge >= 0.3 is 11.9 Å². The first-order valence-electron chi connectivity index (χ1n) is 8.00. The molecule has 0 atom stereocenters. The number of nitrogens with zero attached hydrogens (tertiary/aromatic N) is 2. The van der Waals surface area contributed by atoms with Crippen molar-refractivity contribution in [1.29, 1.82) is 0 Å². The van der Waals surface area contributed by atoms with E-state index in [-0.39, 0.29) is 0 Å². The van der Waals surface area contributed by atoms with Gasteiger partial charge in [-0.25, -0.2) is 14.6 Å². The van der Waals surface area contributed by atoms with E-state index in [1.165, 1.54) is 5.56 Å². The fraction of sp³-hybridized carbons (Fsp3) is 0.105. The topological polar surface area (TPSA) is 104 Å². The predicted octanol–water partition coefficient (Wildman–Crippen LogP) is 4.38. The molecule has 3 N–H and O–H groups in total. The second kappa shape index (κ2) is 10.0. The second-order valence-electron chi connectivity index (χ2n) is 5.63. The minimum Gasteiger partial charge on any atom is -0.473 e. The number of anilines is 1. The van der Waals surface area contributed by atoms with Crippen LogP contribution < -0.4 is 5.32 Å². The molecule has 0 aliphatic carbocycles. The van der Waals surface area contributed by atoms with Crippen LogP contribution in [0, 0.1) is 0 Å². The number of hydrogen-bond acceptors (Lipinski definition) is 4. The SMILES string of the molecule is Cn1c(-c2ccc(Br)cc2)cnc1NCc1cccc(Br)c1.O=C(O)C(=O)O. The van der Waals surface area contributed by atoms with Crippen LogP contribution in [0.4, 0.5) is 5.95 Å². The second-order valence-corrected chi connectivity index (χ2v) is 7.46. The zero-order chi connectivity index (χ0) is 20.7. The van der Waals surface area contributed by atoms with Crippen molar-refractivity contribution in [3.63, 3.8) is 0 Å². The van der Waals surface area contributed by atoms with E-state index in [0.717, 1.165) is 32.7 Å². The first-order valence-corrected chi connectivity index (χ1v) is 9.58. The van der Waals surface area contributed by atoms with Gasteiger partial charge in [-0.3, -0.25) is 0 Å². The third-order valence-corrected chi connectivity index (χ3v) is 4.67. The fourth-order valence-corrected chi connectivity index (χ4v) is 3.00. The molecule has 0 unspecified atom stereocenters. The summed E-state index contributed by atoms with van der Waals surface area (Å²) >= 11 is 6.95. The van der Waals surface area contributed by atoms with Gasteiger partial charge in [-0.05, 0) is 35.4 Å². The molecule has 0 aliphatic rings. The molecule has 1 aromatic heterocycles. The molecular formula is C19H17Br2N3O4. The lowest BCUT2D eigenvalue weighted by Gasteiger charge is -2.09. The van der Waals surface area contributed by atoms with E-state index < -0.39 is 11.9 Å². The van der Waals surface area contributed by atoms with E-state index in [9.17, 15) is 0 Å². The molecule has 0 saturated carbocycles. The highest BCUT2D eigenvalue weighted by Crippen LogP contribution is 2.24. The molecule has 0 saturated heterocycles. The van der Waals surface area contributed by atoms with Crippen LogP contribution in [0.5, 0.6) is 0 Å². The number of nitrogens with one attached hydrogen (secondary N) is 1. The molecule has 0 fully saturated rings. The third kappa shape index (κ3) is 6.21. The van der Waals surface area contributed by atoms with Crippen molar-refractivity contribution in [3.8, 4) is 11.3 Å². The average Bonchev–Trinajstić information content (AvgIpc) is 3.02. The number of benzene rings is 2. The Morgan fingerprint density at radius 1 is 1.04 bits per heavy atom. The highest BCUT2D eigenvalue weighted by molar-refractivity contribution is 9.10. The summed E-state index contributed by atoms with van der Waals surface area (Å²) in [6.07, 6.45) is 1.90. The molecule has 2 aromatic carbocycles. The summed E-state index contributed by atoms with van der Waals surface area (Å²) in [5, 5.41) is 18.2. The first-order chi connectivity index (χ1) is 13.3. The summed E-state index contributed by atoms with van der Waals surface area (Å²) in [7, 11) is 2.02. The largest absolute Gasteiger partial charge is 0.473 e. The minimum atomic E-state index is -1.82. The van der Waals surface area contributed by atoms with Gasteiger partial charge in [0.15, 0.2) is 0 Å². The quantitative estimate of drug-likeness (QED) is 0.450. The van der Waals surface area contributed by atoms with Gasteiger partial charge in [-0.1, -0.05) is 56.1 Å². The molecule has 9 heteroatoms. The Bertz CT molecular complexity index is 960. The van der Waals surface area contributed by atoms with Gasteiger partial charge in [0, 0.05) is 22.5 Å². The number of hydrogen-bond donors (Lipinski definition) is 3. The van der Waals surface area contributed by atoms with Crippen LogP contribution in [-0.2, 0) is 23.2 Å². The maximum absolute atomic E-state index is 9.10. The summed E-state index contributed by atoms with van der Waals surface area (Å²) in [5.41, 5.74) is 3.44. The number of rotatable bonds is 4. The molecule has 146 valence electrons. The Morgan fingerprint density at radius 2 is 1.68 bits per heavy atom. The van der Waals surface area contributed by atoms with Gasteiger partial charge in [0.2, 0.25) is 5.95 Å². The molecule has 3 aromatic rings. The summed E-state index contributed by atoms with van der Waals surface area (Å²) in [6, 6.07) is 16.5. The Kier molecular flexibility index (Phi) is 7.77. The van der Waals surface area contributed by atoms with E-state index in [1.807, 2.05) is 37.5 Å². The van der Waals surface area contributed by atoms with Crippen molar-refractivity contribution in [3.05, 3.63) is 69.2 Å². The van der Waals surface area contributed by atoms with Gasteiger partial charge in [-0.2, -0.15) is 0 Å². The number of aromatic nitrogens is 2. The zero-order valence-corrected chi connectivity index (χ0v) is 17.9. The molecule has 0 bridgehead atoms. The van der Waals surface area contributed by atoms with Crippen molar-refractivity contribution in [2.75, 3.05) is 5.32 Å². The average molecular weight is 511 g/mol. The van der Waals surface area contributed by atoms with Gasteiger partial charge < -0.3 is 20.1 Å². The van der Waals surface area contributed by atoms with E-state index >= 15 is 0 Å². The first kappa shape index (κ1) is 21.6. The van der Waals surface area contributed by atoms with E-state index in [2.05, 4.69) is 71.0 Å². The maximum atomic E-state index is 9.10. The third-order valence-electron chi connectivity index (χ3n) is 3.65. The number of halogens is 2. The van der Waals surface area contributed by atoms with Crippen molar-refractivity contribution in [1.82, 2.24) is 9.55 Å².